The van der Waals surface area contributed by atoms with E-state index in [4.69, 9.17) is 4.42 Å². The number of aromatic nitrogens is 1. The van der Waals surface area contributed by atoms with Crippen LogP contribution in [-0.2, 0) is 0 Å². The van der Waals surface area contributed by atoms with Crippen LogP contribution in [0.3, 0.4) is 0 Å². The van der Waals surface area contributed by atoms with E-state index in [0.717, 1.165) is 48.5 Å². The van der Waals surface area contributed by atoms with Gasteiger partial charge in [-0.15, -0.1) is 0 Å². The average Bonchev–Trinajstić information content (AvgIpc) is 3.13. The second-order valence-corrected chi connectivity index (χ2v) is 7.46. The highest BCUT2D eigenvalue weighted by Crippen LogP contribution is 2.26. The molecular weight excluding hydrogens is 338 g/mol. The molecule has 0 unspecified atom stereocenters. The molecule has 1 aliphatic heterocycles. The number of likely N-dealkylation sites (tertiary alicyclic amines) is 1. The summed E-state index contributed by atoms with van der Waals surface area (Å²) in [6.07, 6.45) is 3.82. The molecule has 1 N–H and O–H groups in total. The molecule has 0 radical (unpaired) electrons. The highest BCUT2D eigenvalue weighted by Gasteiger charge is 2.21. The maximum absolute atomic E-state index is 12.6. The molecule has 5 nitrogen and oxygen atoms in total. The summed E-state index contributed by atoms with van der Waals surface area (Å²) in [5.74, 6) is 2.37. The van der Waals surface area contributed by atoms with Crippen molar-refractivity contribution >= 4 is 22.7 Å². The fourth-order valence-electron chi connectivity index (χ4n) is 3.51. The van der Waals surface area contributed by atoms with Crippen molar-refractivity contribution < 1.29 is 9.21 Å². The second kappa shape index (κ2) is 7.43. The van der Waals surface area contributed by atoms with Crippen molar-refractivity contribution in [3.05, 3.63) is 60.0 Å². The zero-order valence-electron chi connectivity index (χ0n) is 15.8. The predicted molar refractivity (Wildman–Crippen MR) is 107 cm³/mol. The molecule has 0 aliphatic carbocycles. The van der Waals surface area contributed by atoms with Gasteiger partial charge in [-0.2, -0.15) is 0 Å². The Hall–Kier alpha value is -2.82. The zero-order valence-corrected chi connectivity index (χ0v) is 15.8. The third-order valence-electron chi connectivity index (χ3n) is 5.32. The number of para-hydroxylation sites is 1. The lowest BCUT2D eigenvalue weighted by Gasteiger charge is -2.30. The van der Waals surface area contributed by atoms with E-state index in [1.807, 2.05) is 54.3 Å². The monoisotopic (exact) mass is 363 g/mol. The Morgan fingerprint density at radius 1 is 1.22 bits per heavy atom. The van der Waals surface area contributed by atoms with Crippen molar-refractivity contribution in [2.45, 2.75) is 32.7 Å². The third kappa shape index (κ3) is 3.82. The van der Waals surface area contributed by atoms with Crippen LogP contribution in [-0.4, -0.2) is 28.9 Å². The van der Waals surface area contributed by atoms with Gasteiger partial charge in [0.05, 0.1) is 11.6 Å². The SMILES string of the molecule is CC1CCN(C(=O)c2ccc(N[C@H](C)c3cc4ccccc4o3)nc2)CC1. The first-order valence-electron chi connectivity index (χ1n) is 9.60. The molecule has 3 aromatic rings. The second-order valence-electron chi connectivity index (χ2n) is 7.46. The Balaban J connectivity index is 1.42. The number of amides is 1. The minimum Gasteiger partial charge on any atom is -0.459 e. The van der Waals surface area contributed by atoms with Crippen molar-refractivity contribution in [3.63, 3.8) is 0 Å². The van der Waals surface area contributed by atoms with E-state index >= 15 is 0 Å². The van der Waals surface area contributed by atoms with Crippen molar-refractivity contribution in [3.8, 4) is 0 Å². The zero-order chi connectivity index (χ0) is 18.8. The van der Waals surface area contributed by atoms with E-state index in [-0.39, 0.29) is 11.9 Å². The van der Waals surface area contributed by atoms with E-state index in [0.29, 0.717) is 11.5 Å². The van der Waals surface area contributed by atoms with Gasteiger partial charge in [-0.1, -0.05) is 25.1 Å². The standard InChI is InChI=1S/C22H25N3O2/c1-15-9-11-25(12-10-15)22(26)18-7-8-21(23-14-18)24-16(2)20-13-17-5-3-4-6-19(17)27-20/h3-8,13-16H,9-12H2,1-2H3,(H,23,24)/t16-/m1/s1. The van der Waals surface area contributed by atoms with E-state index in [2.05, 4.69) is 17.2 Å². The van der Waals surface area contributed by atoms with E-state index in [1.54, 1.807) is 6.20 Å². The maximum atomic E-state index is 12.6. The van der Waals surface area contributed by atoms with Crippen LogP contribution in [0, 0.1) is 5.92 Å². The van der Waals surface area contributed by atoms with Gasteiger partial charge < -0.3 is 14.6 Å². The van der Waals surface area contributed by atoms with Crippen LogP contribution in [0.15, 0.2) is 53.1 Å². The van der Waals surface area contributed by atoms with Crippen LogP contribution in [0.4, 0.5) is 5.82 Å². The Morgan fingerprint density at radius 2 is 2.00 bits per heavy atom. The molecule has 1 fully saturated rings. The topological polar surface area (TPSA) is 58.4 Å². The van der Waals surface area contributed by atoms with Gasteiger partial charge in [0.2, 0.25) is 0 Å². The van der Waals surface area contributed by atoms with Crippen LogP contribution < -0.4 is 5.32 Å². The van der Waals surface area contributed by atoms with Gasteiger partial charge in [-0.3, -0.25) is 4.79 Å². The number of piperidine rings is 1. The largest absolute Gasteiger partial charge is 0.459 e. The van der Waals surface area contributed by atoms with E-state index < -0.39 is 0 Å². The number of rotatable bonds is 4. The van der Waals surface area contributed by atoms with Gasteiger partial charge in [0, 0.05) is 24.7 Å². The minimum absolute atomic E-state index is 0.0185. The highest BCUT2D eigenvalue weighted by atomic mass is 16.3. The number of hydrogen-bond acceptors (Lipinski definition) is 4. The molecule has 140 valence electrons. The molecule has 3 heterocycles. The number of pyridine rings is 1. The van der Waals surface area contributed by atoms with Crippen LogP contribution in [0.25, 0.3) is 11.0 Å². The van der Waals surface area contributed by atoms with E-state index in [9.17, 15) is 4.79 Å². The average molecular weight is 363 g/mol. The molecular formula is C22H25N3O2. The summed E-state index contributed by atoms with van der Waals surface area (Å²) in [5, 5.41) is 4.43. The lowest BCUT2D eigenvalue weighted by atomic mass is 9.99. The summed E-state index contributed by atoms with van der Waals surface area (Å²) < 4.78 is 5.90. The molecule has 2 aromatic heterocycles. The molecule has 1 aromatic carbocycles. The van der Waals surface area contributed by atoms with Crippen LogP contribution in [0.1, 0.15) is 48.8 Å². The fourth-order valence-corrected chi connectivity index (χ4v) is 3.51. The lowest BCUT2D eigenvalue weighted by molar-refractivity contribution is 0.0697. The molecule has 1 aliphatic rings. The van der Waals surface area contributed by atoms with Crippen LogP contribution >= 0.6 is 0 Å². The number of furan rings is 1. The van der Waals surface area contributed by atoms with Crippen molar-refractivity contribution in [2.24, 2.45) is 5.92 Å². The molecule has 1 amide bonds. The first-order valence-corrected chi connectivity index (χ1v) is 9.60. The number of fused-ring (bicyclic) bond motifs is 1. The lowest BCUT2D eigenvalue weighted by Crippen LogP contribution is -2.37. The maximum Gasteiger partial charge on any atom is 0.255 e. The Bertz CT molecular complexity index is 891. The summed E-state index contributed by atoms with van der Waals surface area (Å²) in [4.78, 5) is 19.0. The van der Waals surface area contributed by atoms with Gasteiger partial charge in [0.25, 0.3) is 5.91 Å². The van der Waals surface area contributed by atoms with Gasteiger partial charge in [0.15, 0.2) is 0 Å². The number of nitrogens with zero attached hydrogens (tertiary/aromatic N) is 2. The Labute approximate surface area is 159 Å². The number of carbonyl (C=O) groups excluding carboxylic acids is 1. The summed E-state index contributed by atoms with van der Waals surface area (Å²) in [5.41, 5.74) is 1.53. The van der Waals surface area contributed by atoms with Crippen molar-refractivity contribution in [2.75, 3.05) is 18.4 Å². The van der Waals surface area contributed by atoms with Crippen molar-refractivity contribution in [1.82, 2.24) is 9.88 Å². The van der Waals surface area contributed by atoms with Gasteiger partial charge in [-0.25, -0.2) is 4.98 Å². The number of benzene rings is 1. The summed E-state index contributed by atoms with van der Waals surface area (Å²) in [6.45, 7) is 5.95. The molecule has 0 bridgehead atoms. The van der Waals surface area contributed by atoms with Gasteiger partial charge in [0.1, 0.15) is 17.2 Å². The van der Waals surface area contributed by atoms with Gasteiger partial charge in [-0.05, 0) is 49.9 Å². The number of carbonyl (C=O) groups is 1. The van der Waals surface area contributed by atoms with Crippen molar-refractivity contribution in [1.29, 1.82) is 0 Å². The van der Waals surface area contributed by atoms with Crippen LogP contribution in [0.5, 0.6) is 0 Å². The number of nitrogens with one attached hydrogen (secondary N) is 1. The normalized spacial score (nSPS) is 16.4. The predicted octanol–water partition coefficient (Wildman–Crippen LogP) is 4.87. The Kier molecular flexibility index (Phi) is 4.84. The highest BCUT2D eigenvalue weighted by molar-refractivity contribution is 5.94. The molecule has 1 saturated heterocycles. The summed E-state index contributed by atoms with van der Waals surface area (Å²) in [6, 6.07) is 13.7. The van der Waals surface area contributed by atoms with Crippen LogP contribution in [0.2, 0.25) is 0 Å². The molecule has 0 spiro atoms. The molecule has 1 atom stereocenters. The summed E-state index contributed by atoms with van der Waals surface area (Å²) >= 11 is 0. The van der Waals surface area contributed by atoms with Gasteiger partial charge >= 0.3 is 0 Å². The first kappa shape index (κ1) is 17.6. The third-order valence-corrected chi connectivity index (χ3v) is 5.32. The number of hydrogen-bond donors (Lipinski definition) is 1. The first-order chi connectivity index (χ1) is 13.1. The molecule has 4 rings (SSSR count). The molecule has 27 heavy (non-hydrogen) atoms. The fraction of sp³-hybridized carbons (Fsp3) is 0.364. The molecule has 5 heteroatoms. The minimum atomic E-state index is -0.0185. The number of anilines is 1. The summed E-state index contributed by atoms with van der Waals surface area (Å²) in [7, 11) is 0. The molecule has 0 saturated carbocycles. The quantitative estimate of drug-likeness (QED) is 0.718. The smallest absolute Gasteiger partial charge is 0.255 e. The van der Waals surface area contributed by atoms with E-state index in [1.165, 1.54) is 0 Å². The Morgan fingerprint density at radius 3 is 2.70 bits per heavy atom.